The third-order valence-corrected chi connectivity index (χ3v) is 4.42. The Hall–Kier alpha value is -2.94. The smallest absolute Gasteiger partial charge is 0.416 e. The lowest BCUT2D eigenvalue weighted by Crippen LogP contribution is -2.35. The van der Waals surface area contributed by atoms with E-state index in [9.17, 15) is 23.2 Å². The molecule has 1 amide bonds. The number of nitrogens with zero attached hydrogens (tertiary/aromatic N) is 2. The van der Waals surface area contributed by atoms with Crippen LogP contribution < -0.4 is 10.0 Å². The van der Waals surface area contributed by atoms with Crippen molar-refractivity contribution in [3.05, 3.63) is 76.2 Å². The van der Waals surface area contributed by atoms with Crippen molar-refractivity contribution in [2.24, 2.45) is 0 Å². The van der Waals surface area contributed by atoms with Crippen LogP contribution in [-0.2, 0) is 12.7 Å². The summed E-state index contributed by atoms with van der Waals surface area (Å²) in [4.78, 5) is 16.3. The van der Waals surface area contributed by atoms with Gasteiger partial charge in [-0.2, -0.15) is 17.9 Å². The van der Waals surface area contributed by atoms with Gasteiger partial charge in [-0.15, -0.1) is 11.3 Å². The average molecular weight is 379 g/mol. The number of hydrogen-bond donors (Lipinski definition) is 1. The molecule has 2 heterocycles. The van der Waals surface area contributed by atoms with Crippen LogP contribution in [0.15, 0.2) is 54.0 Å². The Morgan fingerprint density at radius 2 is 1.92 bits per heavy atom. The number of carbonyl (C=O) groups excluding carboxylic acids is 1. The fourth-order valence-corrected chi connectivity index (χ4v) is 2.98. The predicted octanol–water partition coefficient (Wildman–Crippen LogP) is 3.39. The van der Waals surface area contributed by atoms with E-state index < -0.39 is 17.6 Å². The molecule has 0 bridgehead atoms. The summed E-state index contributed by atoms with van der Waals surface area (Å²) in [6.45, 7) is 0.0380. The number of benzene rings is 1. The minimum absolute atomic E-state index is 0.0380. The van der Waals surface area contributed by atoms with E-state index >= 15 is 0 Å². The molecule has 0 aliphatic rings. The van der Waals surface area contributed by atoms with E-state index in [1.807, 2.05) is 0 Å². The van der Waals surface area contributed by atoms with Crippen LogP contribution in [0.4, 0.5) is 13.2 Å². The quantitative estimate of drug-likeness (QED) is 0.558. The summed E-state index contributed by atoms with van der Waals surface area (Å²) in [6, 6.07) is 9.41. The van der Waals surface area contributed by atoms with Gasteiger partial charge in [0.15, 0.2) is 6.20 Å². The molecular weight excluding hydrogens is 367 g/mol. The molecule has 0 fully saturated rings. The van der Waals surface area contributed by atoms with Crippen molar-refractivity contribution >= 4 is 17.2 Å². The monoisotopic (exact) mass is 379 g/mol. The lowest BCUT2D eigenvalue weighted by atomic mass is 10.1. The Bertz CT molecular complexity index is 924. The first-order valence-corrected chi connectivity index (χ1v) is 8.31. The van der Waals surface area contributed by atoms with E-state index in [0.717, 1.165) is 23.5 Å². The maximum atomic E-state index is 12.6. The molecule has 5 nitrogen and oxygen atoms in total. The van der Waals surface area contributed by atoms with Crippen molar-refractivity contribution < 1.29 is 22.7 Å². The van der Waals surface area contributed by atoms with Gasteiger partial charge in [0.05, 0.1) is 5.56 Å². The number of nitrogens with one attached hydrogen (secondary N) is 1. The summed E-state index contributed by atoms with van der Waals surface area (Å²) < 4.78 is 38.4. The van der Waals surface area contributed by atoms with Gasteiger partial charge in [-0.25, -0.2) is 4.98 Å². The largest absolute Gasteiger partial charge is 0.618 e. The summed E-state index contributed by atoms with van der Waals surface area (Å²) in [5.74, 6) is -0.469. The summed E-state index contributed by atoms with van der Waals surface area (Å²) in [5.41, 5.74) is 0.254. The van der Waals surface area contributed by atoms with Crippen LogP contribution >= 0.6 is 11.3 Å². The number of pyridine rings is 1. The molecule has 1 aromatic carbocycles. The molecule has 0 radical (unpaired) electrons. The number of halogens is 3. The van der Waals surface area contributed by atoms with E-state index in [-0.39, 0.29) is 12.2 Å². The molecule has 1 N–H and O–H groups in total. The molecule has 0 unspecified atom stereocenters. The van der Waals surface area contributed by atoms with Crippen molar-refractivity contribution in [1.29, 1.82) is 0 Å². The van der Waals surface area contributed by atoms with Gasteiger partial charge >= 0.3 is 6.18 Å². The van der Waals surface area contributed by atoms with Gasteiger partial charge in [0.1, 0.15) is 17.2 Å². The minimum Gasteiger partial charge on any atom is -0.618 e. The SMILES string of the molecule is O=C(NCc1cccc[n+]1[O-])c1csc(-c2ccc(C(F)(F)F)cc2)n1. The molecule has 0 saturated heterocycles. The molecule has 0 spiro atoms. The Morgan fingerprint density at radius 1 is 1.19 bits per heavy atom. The van der Waals surface area contributed by atoms with Gasteiger partial charge in [-0.1, -0.05) is 12.1 Å². The van der Waals surface area contributed by atoms with Crippen molar-refractivity contribution in [1.82, 2.24) is 10.3 Å². The molecule has 26 heavy (non-hydrogen) atoms. The van der Waals surface area contributed by atoms with Gasteiger partial charge in [0, 0.05) is 23.1 Å². The highest BCUT2D eigenvalue weighted by atomic mass is 32.1. The van der Waals surface area contributed by atoms with Crippen molar-refractivity contribution in [2.45, 2.75) is 12.7 Å². The molecule has 134 valence electrons. The molecule has 0 atom stereocenters. The third-order valence-electron chi connectivity index (χ3n) is 3.53. The van der Waals surface area contributed by atoms with Gasteiger partial charge in [0.25, 0.3) is 5.91 Å². The Morgan fingerprint density at radius 3 is 2.58 bits per heavy atom. The van der Waals surface area contributed by atoms with Crippen LogP contribution in [0.3, 0.4) is 0 Å². The van der Waals surface area contributed by atoms with Gasteiger partial charge in [-0.3, -0.25) is 4.79 Å². The normalized spacial score (nSPS) is 11.3. The number of aromatic nitrogens is 2. The molecular formula is C17H12F3N3O2S. The summed E-state index contributed by atoms with van der Waals surface area (Å²) >= 11 is 1.15. The summed E-state index contributed by atoms with van der Waals surface area (Å²) in [6.07, 6.45) is -3.07. The molecule has 0 saturated carbocycles. The fraction of sp³-hybridized carbons (Fsp3) is 0.118. The molecule has 9 heteroatoms. The topological polar surface area (TPSA) is 68.9 Å². The second-order valence-corrected chi connectivity index (χ2v) is 6.17. The highest BCUT2D eigenvalue weighted by molar-refractivity contribution is 7.13. The Labute approximate surface area is 150 Å². The lowest BCUT2D eigenvalue weighted by Gasteiger charge is -2.06. The first kappa shape index (κ1) is 17.9. The van der Waals surface area contributed by atoms with Crippen LogP contribution in [0.25, 0.3) is 10.6 Å². The van der Waals surface area contributed by atoms with E-state index in [1.54, 1.807) is 18.2 Å². The molecule has 0 aliphatic carbocycles. The van der Waals surface area contributed by atoms with Gasteiger partial charge in [0.2, 0.25) is 5.69 Å². The standard InChI is InChI=1S/C17H12F3N3O2S/c18-17(19,20)12-6-4-11(5-7-12)16-22-14(10-26-16)15(24)21-9-13-3-1-2-8-23(13)25/h1-8,10H,9H2,(H,21,24). The van der Waals surface area contributed by atoms with Crippen LogP contribution in [0.2, 0.25) is 0 Å². The fourth-order valence-electron chi connectivity index (χ4n) is 2.17. The molecule has 3 aromatic rings. The van der Waals surface area contributed by atoms with Crippen LogP contribution in [-0.4, -0.2) is 10.9 Å². The molecule has 3 rings (SSSR count). The highest BCUT2D eigenvalue weighted by Crippen LogP contribution is 2.31. The number of carbonyl (C=O) groups is 1. The Kier molecular flexibility index (Phi) is 4.90. The second-order valence-electron chi connectivity index (χ2n) is 5.31. The lowest BCUT2D eigenvalue weighted by molar-refractivity contribution is -0.614. The molecule has 2 aromatic heterocycles. The van der Waals surface area contributed by atoms with E-state index in [1.165, 1.54) is 23.7 Å². The van der Waals surface area contributed by atoms with E-state index in [0.29, 0.717) is 21.0 Å². The maximum Gasteiger partial charge on any atom is 0.416 e. The third kappa shape index (κ3) is 3.99. The number of alkyl halides is 3. The zero-order valence-electron chi connectivity index (χ0n) is 13.2. The molecule has 0 aliphatic heterocycles. The van der Waals surface area contributed by atoms with Crippen LogP contribution in [0.5, 0.6) is 0 Å². The number of hydrogen-bond acceptors (Lipinski definition) is 4. The van der Waals surface area contributed by atoms with Crippen molar-refractivity contribution in [3.8, 4) is 10.6 Å². The van der Waals surface area contributed by atoms with Crippen LogP contribution in [0, 0.1) is 5.21 Å². The second kappa shape index (κ2) is 7.12. The summed E-state index contributed by atoms with van der Waals surface area (Å²) in [7, 11) is 0. The first-order valence-electron chi connectivity index (χ1n) is 7.43. The highest BCUT2D eigenvalue weighted by Gasteiger charge is 2.30. The average Bonchev–Trinajstić information content (AvgIpc) is 3.10. The number of amides is 1. The zero-order chi connectivity index (χ0) is 18.7. The predicted molar refractivity (Wildman–Crippen MR) is 89.1 cm³/mol. The number of rotatable bonds is 4. The van der Waals surface area contributed by atoms with E-state index in [4.69, 9.17) is 0 Å². The van der Waals surface area contributed by atoms with Gasteiger partial charge in [-0.05, 0) is 18.2 Å². The number of thiazole rings is 1. The van der Waals surface area contributed by atoms with Crippen LogP contribution in [0.1, 0.15) is 21.7 Å². The maximum absolute atomic E-state index is 12.6. The van der Waals surface area contributed by atoms with Gasteiger partial charge < -0.3 is 10.5 Å². The Balaban J connectivity index is 1.69. The van der Waals surface area contributed by atoms with Crippen molar-refractivity contribution in [3.63, 3.8) is 0 Å². The minimum atomic E-state index is -4.40. The first-order chi connectivity index (χ1) is 12.3. The zero-order valence-corrected chi connectivity index (χ0v) is 14.0. The van der Waals surface area contributed by atoms with Crippen molar-refractivity contribution in [2.75, 3.05) is 0 Å². The van der Waals surface area contributed by atoms with E-state index in [2.05, 4.69) is 10.3 Å². The summed E-state index contributed by atoms with van der Waals surface area (Å²) in [5, 5.41) is 16.1.